The summed E-state index contributed by atoms with van der Waals surface area (Å²) in [6, 6.07) is 5.14. The number of nitrogens with zero attached hydrogens (tertiary/aromatic N) is 2. The third-order valence-electron chi connectivity index (χ3n) is 5.54. The van der Waals surface area contributed by atoms with Crippen LogP contribution >= 0.6 is 0 Å². The molecule has 0 N–H and O–H groups in total. The molecule has 2 heterocycles. The number of terminal acetylenes is 2. The molecule has 2 aromatic rings. The average molecular weight is 490 g/mol. The lowest BCUT2D eigenvalue weighted by molar-refractivity contribution is -0.354. The number of halogens is 6. The van der Waals surface area contributed by atoms with Gasteiger partial charge in [-0.3, -0.25) is 19.2 Å². The number of hydrogen-bond acceptors (Lipinski definition) is 4. The number of imide groups is 2. The molecule has 0 saturated heterocycles. The molecule has 0 aliphatic carbocycles. The number of hydrogen-bond donors (Lipinski definition) is 0. The van der Waals surface area contributed by atoms with E-state index < -0.39 is 73.7 Å². The highest BCUT2D eigenvalue weighted by atomic mass is 19.4. The van der Waals surface area contributed by atoms with Crippen molar-refractivity contribution in [3.8, 4) is 24.7 Å². The first-order chi connectivity index (χ1) is 16.2. The van der Waals surface area contributed by atoms with Crippen LogP contribution in [0.3, 0.4) is 0 Å². The fourth-order valence-corrected chi connectivity index (χ4v) is 4.02. The van der Waals surface area contributed by atoms with Crippen molar-refractivity contribution in [3.05, 3.63) is 69.8 Å². The Morgan fingerprint density at radius 3 is 1.17 bits per heavy atom. The van der Waals surface area contributed by atoms with Crippen molar-refractivity contribution in [1.29, 1.82) is 0 Å². The zero-order chi connectivity index (χ0) is 26.1. The van der Waals surface area contributed by atoms with Gasteiger partial charge in [0.15, 0.2) is 0 Å². The fraction of sp³-hybridized carbons (Fsp3) is 0.130. The normalized spacial score (nSPS) is 15.8. The van der Waals surface area contributed by atoms with E-state index in [2.05, 4.69) is 0 Å². The zero-order valence-electron chi connectivity index (χ0n) is 16.9. The Bertz CT molecular complexity index is 1330. The predicted molar refractivity (Wildman–Crippen MR) is 105 cm³/mol. The van der Waals surface area contributed by atoms with Crippen molar-refractivity contribution < 1.29 is 45.5 Å². The third-order valence-corrected chi connectivity index (χ3v) is 5.54. The molecule has 35 heavy (non-hydrogen) atoms. The van der Waals surface area contributed by atoms with E-state index in [-0.39, 0.29) is 11.1 Å². The molecule has 2 aromatic carbocycles. The summed E-state index contributed by atoms with van der Waals surface area (Å²) in [5.41, 5.74) is -9.24. The van der Waals surface area contributed by atoms with Crippen LogP contribution in [-0.2, 0) is 0 Å². The Kier molecular flexibility index (Phi) is 4.85. The summed E-state index contributed by atoms with van der Waals surface area (Å²) >= 11 is 0. The standard InChI is InChI=1S/C23H8F6N2O4/c1-3-11-5-7-13-15(9-11)19(34)30(17(13)32)21(22(24,25)26,23(27,28)29)31-18(33)14-8-6-12(4-2)10-16(14)20(31)35/h1-2,5-10H. The van der Waals surface area contributed by atoms with Crippen LogP contribution in [-0.4, -0.2) is 51.4 Å². The van der Waals surface area contributed by atoms with Gasteiger partial charge in [-0.1, -0.05) is 11.8 Å². The Morgan fingerprint density at radius 2 is 0.886 bits per heavy atom. The Hall–Kier alpha value is -4.58. The van der Waals surface area contributed by atoms with Crippen LogP contribution in [0.2, 0.25) is 0 Å². The van der Waals surface area contributed by atoms with E-state index in [1.807, 2.05) is 11.8 Å². The Morgan fingerprint density at radius 1 is 0.571 bits per heavy atom. The molecule has 0 fully saturated rings. The molecule has 4 amide bonds. The van der Waals surface area contributed by atoms with E-state index in [4.69, 9.17) is 12.8 Å². The van der Waals surface area contributed by atoms with E-state index in [1.165, 1.54) is 0 Å². The minimum atomic E-state index is -6.57. The zero-order valence-corrected chi connectivity index (χ0v) is 16.9. The van der Waals surface area contributed by atoms with Gasteiger partial charge in [-0.25, -0.2) is 9.80 Å². The predicted octanol–water partition coefficient (Wildman–Crippen LogP) is 3.36. The summed E-state index contributed by atoms with van der Waals surface area (Å²) < 4.78 is 87.2. The fourth-order valence-electron chi connectivity index (χ4n) is 4.02. The van der Waals surface area contributed by atoms with Crippen LogP contribution in [0.4, 0.5) is 26.3 Å². The van der Waals surface area contributed by atoms with Gasteiger partial charge in [-0.2, -0.15) is 26.3 Å². The van der Waals surface area contributed by atoms with E-state index in [0.29, 0.717) is 0 Å². The minimum absolute atomic E-state index is 0.112. The highest BCUT2D eigenvalue weighted by Crippen LogP contribution is 2.54. The van der Waals surface area contributed by atoms with Crippen molar-refractivity contribution in [2.75, 3.05) is 0 Å². The molecule has 12 heteroatoms. The van der Waals surface area contributed by atoms with Gasteiger partial charge in [-0.05, 0) is 36.4 Å². The van der Waals surface area contributed by atoms with Crippen LogP contribution in [0.5, 0.6) is 0 Å². The molecule has 2 aliphatic heterocycles. The van der Waals surface area contributed by atoms with Gasteiger partial charge in [-0.15, -0.1) is 12.8 Å². The number of benzene rings is 2. The maximum absolute atomic E-state index is 14.5. The Balaban J connectivity index is 2.04. The molecule has 0 saturated carbocycles. The van der Waals surface area contributed by atoms with E-state index in [0.717, 1.165) is 36.4 Å². The van der Waals surface area contributed by atoms with Crippen molar-refractivity contribution in [3.63, 3.8) is 0 Å². The molecule has 0 aromatic heterocycles. The molecule has 0 radical (unpaired) electrons. The first kappa shape index (κ1) is 23.6. The summed E-state index contributed by atoms with van der Waals surface area (Å²) in [5.74, 6) is -4.06. The van der Waals surface area contributed by atoms with Gasteiger partial charge in [0.25, 0.3) is 23.6 Å². The first-order valence-corrected chi connectivity index (χ1v) is 9.35. The van der Waals surface area contributed by atoms with Crippen LogP contribution in [0, 0.1) is 24.7 Å². The number of alkyl halides is 6. The molecule has 2 aliphatic rings. The molecule has 4 rings (SSSR count). The van der Waals surface area contributed by atoms with E-state index in [9.17, 15) is 45.5 Å². The maximum atomic E-state index is 14.5. The second kappa shape index (κ2) is 7.21. The average Bonchev–Trinajstić information content (AvgIpc) is 3.18. The summed E-state index contributed by atoms with van der Waals surface area (Å²) in [5, 5.41) is 0. The Labute approximate surface area is 192 Å². The van der Waals surface area contributed by atoms with E-state index in [1.54, 1.807) is 0 Å². The first-order valence-electron chi connectivity index (χ1n) is 9.35. The molecule has 0 unspecified atom stereocenters. The molecule has 176 valence electrons. The van der Waals surface area contributed by atoms with Crippen LogP contribution in [0.1, 0.15) is 52.6 Å². The maximum Gasteiger partial charge on any atom is 0.441 e. The lowest BCUT2D eigenvalue weighted by atomic mass is 10.0. The molecule has 6 nitrogen and oxygen atoms in total. The number of fused-ring (bicyclic) bond motifs is 2. The monoisotopic (exact) mass is 490 g/mol. The largest absolute Gasteiger partial charge is 0.441 e. The number of amides is 4. The number of carbonyl (C=O) groups excluding carboxylic acids is 4. The van der Waals surface area contributed by atoms with Gasteiger partial charge < -0.3 is 0 Å². The lowest BCUT2D eigenvalue weighted by Gasteiger charge is -2.46. The van der Waals surface area contributed by atoms with Crippen molar-refractivity contribution >= 4 is 23.6 Å². The second-order valence-electron chi connectivity index (χ2n) is 7.37. The number of rotatable bonds is 2. The second-order valence-corrected chi connectivity index (χ2v) is 7.37. The summed E-state index contributed by atoms with van der Waals surface area (Å²) in [6.45, 7) is 0. The summed E-state index contributed by atoms with van der Waals surface area (Å²) in [4.78, 5) is 49.2. The van der Waals surface area contributed by atoms with Crippen LogP contribution in [0.15, 0.2) is 36.4 Å². The number of carbonyl (C=O) groups is 4. The molecule has 0 bridgehead atoms. The van der Waals surface area contributed by atoms with Crippen LogP contribution < -0.4 is 0 Å². The van der Waals surface area contributed by atoms with E-state index >= 15 is 0 Å². The van der Waals surface area contributed by atoms with Crippen molar-refractivity contribution in [2.24, 2.45) is 0 Å². The van der Waals surface area contributed by atoms with Crippen molar-refractivity contribution in [2.45, 2.75) is 18.0 Å². The van der Waals surface area contributed by atoms with Gasteiger partial charge in [0, 0.05) is 11.1 Å². The molecular formula is C23H8F6N2O4. The van der Waals surface area contributed by atoms with Gasteiger partial charge >= 0.3 is 18.0 Å². The molecular weight excluding hydrogens is 482 g/mol. The van der Waals surface area contributed by atoms with Crippen LogP contribution in [0.25, 0.3) is 0 Å². The van der Waals surface area contributed by atoms with Crippen molar-refractivity contribution in [1.82, 2.24) is 9.80 Å². The van der Waals surface area contributed by atoms with Gasteiger partial charge in [0.2, 0.25) is 0 Å². The highest BCUT2D eigenvalue weighted by Gasteiger charge is 2.83. The topological polar surface area (TPSA) is 74.8 Å². The smallest absolute Gasteiger partial charge is 0.268 e. The summed E-state index contributed by atoms with van der Waals surface area (Å²) in [7, 11) is 0. The SMILES string of the molecule is C#Cc1ccc2c(c1)C(=O)N(C(N1C(=O)c3ccc(C#C)cc3C1=O)(C(F)(F)F)C(F)(F)F)C2=O. The molecule has 0 atom stereocenters. The lowest BCUT2D eigenvalue weighted by Crippen LogP contribution is -2.78. The minimum Gasteiger partial charge on any atom is -0.268 e. The summed E-state index contributed by atoms with van der Waals surface area (Å²) in [6.07, 6.45) is -2.83. The van der Waals surface area contributed by atoms with Gasteiger partial charge in [0.1, 0.15) is 0 Å². The third kappa shape index (κ3) is 2.89. The highest BCUT2D eigenvalue weighted by molar-refractivity contribution is 6.25. The van der Waals surface area contributed by atoms with Gasteiger partial charge in [0.05, 0.1) is 22.3 Å². The molecule has 0 spiro atoms. The quantitative estimate of drug-likeness (QED) is 0.368.